The summed E-state index contributed by atoms with van der Waals surface area (Å²) in [6, 6.07) is 3.59. The molecule has 3 heterocycles. The second-order valence-electron chi connectivity index (χ2n) is 8.52. The van der Waals surface area contributed by atoms with Gasteiger partial charge in [0, 0.05) is 25.5 Å². The Hall–Kier alpha value is -3.14. The zero-order valence-corrected chi connectivity index (χ0v) is 19.7. The van der Waals surface area contributed by atoms with E-state index in [2.05, 4.69) is 4.98 Å². The van der Waals surface area contributed by atoms with Gasteiger partial charge in [-0.05, 0) is 63.8 Å². The van der Waals surface area contributed by atoms with Crippen LogP contribution in [0.2, 0.25) is 0 Å². The number of fused-ring (bicyclic) bond motifs is 1. The third-order valence-corrected chi connectivity index (χ3v) is 6.17. The maximum Gasteiger partial charge on any atom is 0.349 e. The minimum atomic E-state index is -1.85. The minimum absolute atomic E-state index is 0.0619. The molecule has 0 N–H and O–H groups in total. The highest BCUT2D eigenvalue weighted by atomic mass is 32.1. The molecule has 3 aromatic heterocycles. The molecule has 0 saturated heterocycles. The van der Waals surface area contributed by atoms with E-state index in [1.165, 1.54) is 4.57 Å². The number of halogens is 2. The van der Waals surface area contributed by atoms with Crippen LogP contribution in [0.4, 0.5) is 8.78 Å². The van der Waals surface area contributed by atoms with Gasteiger partial charge < -0.3 is 4.74 Å². The molecule has 3 aromatic rings. The molecule has 0 aliphatic heterocycles. The van der Waals surface area contributed by atoms with Gasteiger partial charge in [-0.15, -0.1) is 11.3 Å². The Balaban J connectivity index is 2.15. The SMILES string of the molecule is Cc1c(C(=O)OC(C)(C)C)sc2c1c(=O)n(CCc1cccnc1)c(=O)n2CCC=C(F)F. The molecule has 0 unspecified atom stereocenters. The first-order chi connectivity index (χ1) is 15.5. The quantitative estimate of drug-likeness (QED) is 0.474. The van der Waals surface area contributed by atoms with Gasteiger partial charge in [0.15, 0.2) is 0 Å². The molecular weight excluding hydrogens is 452 g/mol. The van der Waals surface area contributed by atoms with Crippen LogP contribution in [-0.2, 0) is 24.2 Å². The van der Waals surface area contributed by atoms with Gasteiger partial charge in [-0.2, -0.15) is 8.78 Å². The van der Waals surface area contributed by atoms with Gasteiger partial charge in [-0.3, -0.25) is 18.9 Å². The minimum Gasteiger partial charge on any atom is -0.456 e. The molecule has 0 aliphatic carbocycles. The first-order valence-electron chi connectivity index (χ1n) is 10.4. The van der Waals surface area contributed by atoms with Crippen molar-refractivity contribution in [2.45, 2.75) is 59.2 Å². The number of nitrogens with zero attached hydrogens (tertiary/aromatic N) is 3. The highest BCUT2D eigenvalue weighted by molar-refractivity contribution is 7.20. The largest absolute Gasteiger partial charge is 0.456 e. The molecule has 0 spiro atoms. The Morgan fingerprint density at radius 3 is 2.55 bits per heavy atom. The van der Waals surface area contributed by atoms with E-state index in [0.717, 1.165) is 27.5 Å². The lowest BCUT2D eigenvalue weighted by atomic mass is 10.1. The number of thiophene rings is 1. The Morgan fingerprint density at radius 2 is 1.94 bits per heavy atom. The highest BCUT2D eigenvalue weighted by Gasteiger charge is 2.26. The second-order valence-corrected chi connectivity index (χ2v) is 9.52. The highest BCUT2D eigenvalue weighted by Crippen LogP contribution is 2.30. The lowest BCUT2D eigenvalue weighted by Gasteiger charge is -2.19. The molecule has 0 radical (unpaired) electrons. The number of ether oxygens (including phenoxy) is 1. The van der Waals surface area contributed by atoms with Crippen LogP contribution >= 0.6 is 11.3 Å². The van der Waals surface area contributed by atoms with Crippen LogP contribution in [0.3, 0.4) is 0 Å². The molecule has 0 aliphatic rings. The first kappa shape index (κ1) is 24.5. The number of aryl methyl sites for hydroxylation is 3. The maximum atomic E-state index is 13.3. The topological polar surface area (TPSA) is 83.2 Å². The lowest BCUT2D eigenvalue weighted by molar-refractivity contribution is 0.00746. The smallest absolute Gasteiger partial charge is 0.349 e. The Labute approximate surface area is 193 Å². The third kappa shape index (κ3) is 5.62. The van der Waals surface area contributed by atoms with Crippen molar-refractivity contribution in [2.24, 2.45) is 0 Å². The predicted octanol–water partition coefficient (Wildman–Crippen LogP) is 4.30. The normalized spacial score (nSPS) is 11.6. The van der Waals surface area contributed by atoms with Gasteiger partial charge in [0.1, 0.15) is 15.3 Å². The number of carbonyl (C=O) groups is 1. The van der Waals surface area contributed by atoms with Crippen LogP contribution in [0, 0.1) is 6.92 Å². The van der Waals surface area contributed by atoms with Crippen LogP contribution < -0.4 is 11.2 Å². The summed E-state index contributed by atoms with van der Waals surface area (Å²) in [6.45, 7) is 6.84. The first-order valence-corrected chi connectivity index (χ1v) is 11.2. The van der Waals surface area contributed by atoms with E-state index in [4.69, 9.17) is 4.74 Å². The van der Waals surface area contributed by atoms with E-state index in [9.17, 15) is 23.2 Å². The molecule has 10 heteroatoms. The predicted molar refractivity (Wildman–Crippen MR) is 123 cm³/mol. The molecule has 7 nitrogen and oxygen atoms in total. The van der Waals surface area contributed by atoms with Crippen molar-refractivity contribution in [3.05, 3.63) is 73.5 Å². The van der Waals surface area contributed by atoms with E-state index in [0.29, 0.717) is 12.0 Å². The third-order valence-electron chi connectivity index (χ3n) is 4.88. The lowest BCUT2D eigenvalue weighted by Crippen LogP contribution is -2.40. The molecular formula is C23H25F2N3O4S. The van der Waals surface area contributed by atoms with E-state index in [-0.39, 0.29) is 34.6 Å². The van der Waals surface area contributed by atoms with Crippen LogP contribution in [0.5, 0.6) is 0 Å². The average molecular weight is 478 g/mol. The van der Waals surface area contributed by atoms with Crippen molar-refractivity contribution in [3.8, 4) is 0 Å². The van der Waals surface area contributed by atoms with Crippen molar-refractivity contribution in [1.29, 1.82) is 0 Å². The molecule has 0 fully saturated rings. The number of rotatable bonds is 7. The van der Waals surface area contributed by atoms with Crippen molar-refractivity contribution in [3.63, 3.8) is 0 Å². The average Bonchev–Trinajstić information content (AvgIpc) is 3.07. The maximum absolute atomic E-state index is 13.3. The van der Waals surface area contributed by atoms with Gasteiger partial charge in [-0.25, -0.2) is 9.59 Å². The van der Waals surface area contributed by atoms with Crippen LogP contribution in [-0.4, -0.2) is 25.7 Å². The Bertz CT molecular complexity index is 1310. The monoisotopic (exact) mass is 477 g/mol. The van der Waals surface area contributed by atoms with Crippen molar-refractivity contribution >= 4 is 27.5 Å². The molecule has 0 amide bonds. The zero-order valence-electron chi connectivity index (χ0n) is 18.9. The molecule has 0 bridgehead atoms. The van der Waals surface area contributed by atoms with E-state index >= 15 is 0 Å². The van der Waals surface area contributed by atoms with Gasteiger partial charge in [-0.1, -0.05) is 6.07 Å². The summed E-state index contributed by atoms with van der Waals surface area (Å²) in [5, 5.41) is 0.219. The summed E-state index contributed by atoms with van der Waals surface area (Å²) in [5.41, 5.74) is -0.626. The standard InChI is InChI=1S/C23H25F2N3O4S/c1-14-17-19(29)27(12-9-15-7-5-10-26-13-15)22(31)28(11-6-8-16(24)25)20(17)33-18(14)21(30)32-23(2,3)4/h5,7-8,10,13H,6,9,11-12H2,1-4H3. The molecule has 3 rings (SSSR count). The Kier molecular flexibility index (Phi) is 7.26. The number of pyridine rings is 1. The zero-order chi connectivity index (χ0) is 24.3. The Morgan fingerprint density at radius 1 is 1.21 bits per heavy atom. The fraction of sp³-hybridized carbons (Fsp3) is 0.391. The van der Waals surface area contributed by atoms with Crippen molar-refractivity contribution in [2.75, 3.05) is 0 Å². The molecule has 33 heavy (non-hydrogen) atoms. The molecule has 176 valence electrons. The fourth-order valence-electron chi connectivity index (χ4n) is 3.40. The van der Waals surface area contributed by atoms with E-state index in [1.807, 2.05) is 6.07 Å². The van der Waals surface area contributed by atoms with Crippen molar-refractivity contribution in [1.82, 2.24) is 14.1 Å². The van der Waals surface area contributed by atoms with Gasteiger partial charge in [0.25, 0.3) is 11.6 Å². The number of hydrogen-bond acceptors (Lipinski definition) is 6. The number of carbonyl (C=O) groups excluding carboxylic acids is 1. The van der Waals surface area contributed by atoms with Gasteiger partial charge in [0.2, 0.25) is 0 Å². The summed E-state index contributed by atoms with van der Waals surface area (Å²) < 4.78 is 33.0. The van der Waals surface area contributed by atoms with Crippen LogP contribution in [0.25, 0.3) is 10.2 Å². The molecule has 0 aromatic carbocycles. The van der Waals surface area contributed by atoms with Crippen molar-refractivity contribution < 1.29 is 18.3 Å². The van der Waals surface area contributed by atoms with Gasteiger partial charge >= 0.3 is 11.7 Å². The summed E-state index contributed by atoms with van der Waals surface area (Å²) in [6.07, 6.45) is 2.43. The summed E-state index contributed by atoms with van der Waals surface area (Å²) in [7, 11) is 0. The molecule has 0 saturated carbocycles. The summed E-state index contributed by atoms with van der Waals surface area (Å²) in [4.78, 5) is 43.8. The fourth-order valence-corrected chi connectivity index (χ4v) is 4.59. The van der Waals surface area contributed by atoms with E-state index < -0.39 is 28.9 Å². The molecule has 0 atom stereocenters. The second kappa shape index (κ2) is 9.78. The van der Waals surface area contributed by atoms with E-state index in [1.54, 1.807) is 46.2 Å². The number of esters is 1. The number of hydrogen-bond donors (Lipinski definition) is 0. The number of allylic oxidation sites excluding steroid dienone is 1. The summed E-state index contributed by atoms with van der Waals surface area (Å²) in [5.74, 6) is -0.601. The van der Waals surface area contributed by atoms with Crippen LogP contribution in [0.15, 0.2) is 46.3 Å². The summed E-state index contributed by atoms with van der Waals surface area (Å²) >= 11 is 0.967. The van der Waals surface area contributed by atoms with Gasteiger partial charge in [0.05, 0.1) is 5.39 Å². The van der Waals surface area contributed by atoms with Crippen LogP contribution in [0.1, 0.15) is 48.0 Å². The number of aromatic nitrogens is 3.